The van der Waals surface area contributed by atoms with E-state index < -0.39 is 0 Å². The lowest BCUT2D eigenvalue weighted by atomic mass is 10.0. The molecule has 0 saturated carbocycles. The smallest absolute Gasteiger partial charge is 0.0152 e. The highest BCUT2D eigenvalue weighted by molar-refractivity contribution is 5.85. The Hall–Kier alpha value is -2.08. The SMILES string of the molecule is CCc1cccc2ccccc12.CCc1ccccc1. The molecular weight excluding hydrogens is 240 g/mol. The molecule has 0 radical (unpaired) electrons. The predicted molar refractivity (Wildman–Crippen MR) is 89.1 cm³/mol. The molecular formula is C20H22. The Kier molecular flexibility index (Phi) is 5.37. The minimum Gasteiger partial charge on any atom is -0.0622 e. The average Bonchev–Trinajstić information content (AvgIpc) is 2.55. The van der Waals surface area contributed by atoms with E-state index in [0.717, 1.165) is 12.8 Å². The van der Waals surface area contributed by atoms with E-state index in [1.807, 2.05) is 6.07 Å². The Morgan fingerprint density at radius 2 is 1.25 bits per heavy atom. The minimum absolute atomic E-state index is 1.11. The molecule has 0 aliphatic rings. The molecule has 0 heterocycles. The molecule has 0 aliphatic heterocycles. The second-order valence-corrected chi connectivity index (χ2v) is 4.83. The number of benzene rings is 3. The summed E-state index contributed by atoms with van der Waals surface area (Å²) < 4.78 is 0. The highest BCUT2D eigenvalue weighted by Gasteiger charge is 1.95. The minimum atomic E-state index is 1.11. The maximum absolute atomic E-state index is 2.20. The summed E-state index contributed by atoms with van der Waals surface area (Å²) >= 11 is 0. The number of fused-ring (bicyclic) bond motifs is 1. The van der Waals surface area contributed by atoms with Gasteiger partial charge in [0.15, 0.2) is 0 Å². The fourth-order valence-electron chi connectivity index (χ4n) is 2.31. The lowest BCUT2D eigenvalue weighted by Crippen LogP contribution is -1.81. The van der Waals surface area contributed by atoms with E-state index in [-0.39, 0.29) is 0 Å². The summed E-state index contributed by atoms with van der Waals surface area (Å²) in [5.41, 5.74) is 2.85. The van der Waals surface area contributed by atoms with Crippen LogP contribution in [0.25, 0.3) is 10.8 Å². The highest BCUT2D eigenvalue weighted by atomic mass is 14.0. The molecule has 0 heteroatoms. The highest BCUT2D eigenvalue weighted by Crippen LogP contribution is 2.18. The van der Waals surface area contributed by atoms with E-state index in [0.29, 0.717) is 0 Å². The third-order valence-corrected chi connectivity index (χ3v) is 3.51. The lowest BCUT2D eigenvalue weighted by Gasteiger charge is -2.02. The topological polar surface area (TPSA) is 0 Å². The van der Waals surface area contributed by atoms with E-state index in [9.17, 15) is 0 Å². The molecule has 0 nitrogen and oxygen atoms in total. The van der Waals surface area contributed by atoms with Crippen molar-refractivity contribution in [3.8, 4) is 0 Å². The number of rotatable bonds is 2. The van der Waals surface area contributed by atoms with Gasteiger partial charge in [-0.15, -0.1) is 0 Å². The summed E-state index contributed by atoms with van der Waals surface area (Å²) in [6.45, 7) is 4.36. The van der Waals surface area contributed by atoms with Crippen molar-refractivity contribution in [1.29, 1.82) is 0 Å². The molecule has 0 unspecified atom stereocenters. The van der Waals surface area contributed by atoms with E-state index in [4.69, 9.17) is 0 Å². The second-order valence-electron chi connectivity index (χ2n) is 4.83. The fraction of sp³-hybridized carbons (Fsp3) is 0.200. The Morgan fingerprint density at radius 3 is 1.90 bits per heavy atom. The first kappa shape index (κ1) is 14.3. The normalized spacial score (nSPS) is 9.90. The lowest BCUT2D eigenvalue weighted by molar-refractivity contribution is 1.14. The van der Waals surface area contributed by atoms with Crippen molar-refractivity contribution < 1.29 is 0 Å². The number of aryl methyl sites for hydroxylation is 2. The van der Waals surface area contributed by atoms with Gasteiger partial charge < -0.3 is 0 Å². The van der Waals surface area contributed by atoms with Gasteiger partial charge in [-0.25, -0.2) is 0 Å². The van der Waals surface area contributed by atoms with Crippen molar-refractivity contribution in [1.82, 2.24) is 0 Å². The van der Waals surface area contributed by atoms with Crippen LogP contribution in [0.5, 0.6) is 0 Å². The maximum Gasteiger partial charge on any atom is -0.0152 e. The molecule has 3 aromatic carbocycles. The molecule has 102 valence electrons. The van der Waals surface area contributed by atoms with Gasteiger partial charge in [0.05, 0.1) is 0 Å². The first-order chi connectivity index (χ1) is 9.85. The maximum atomic E-state index is 2.20. The molecule has 0 saturated heterocycles. The summed E-state index contributed by atoms with van der Waals surface area (Å²) in [6.07, 6.45) is 2.25. The first-order valence-corrected chi connectivity index (χ1v) is 7.35. The van der Waals surface area contributed by atoms with Gasteiger partial charge >= 0.3 is 0 Å². The third kappa shape index (κ3) is 3.71. The van der Waals surface area contributed by atoms with Crippen LogP contribution < -0.4 is 0 Å². The van der Waals surface area contributed by atoms with Crippen LogP contribution in [0.3, 0.4) is 0 Å². The van der Waals surface area contributed by atoms with E-state index in [1.54, 1.807) is 0 Å². The fourth-order valence-corrected chi connectivity index (χ4v) is 2.31. The van der Waals surface area contributed by atoms with E-state index >= 15 is 0 Å². The molecule has 3 aromatic rings. The van der Waals surface area contributed by atoms with Gasteiger partial charge in [-0.1, -0.05) is 86.6 Å². The summed E-state index contributed by atoms with van der Waals surface area (Å²) in [6, 6.07) is 25.5. The average molecular weight is 262 g/mol. The van der Waals surface area contributed by atoms with Gasteiger partial charge in [0.2, 0.25) is 0 Å². The van der Waals surface area contributed by atoms with Crippen LogP contribution in [-0.4, -0.2) is 0 Å². The van der Waals surface area contributed by atoms with Crippen LogP contribution in [-0.2, 0) is 12.8 Å². The second kappa shape index (κ2) is 7.49. The van der Waals surface area contributed by atoms with Gasteiger partial charge in [-0.05, 0) is 34.7 Å². The molecule has 0 fully saturated rings. The van der Waals surface area contributed by atoms with Crippen molar-refractivity contribution in [3.05, 3.63) is 83.9 Å². The Labute approximate surface area is 122 Å². The van der Waals surface area contributed by atoms with Gasteiger partial charge in [0, 0.05) is 0 Å². The molecule has 0 N–H and O–H groups in total. The Bertz CT molecular complexity index is 633. The monoisotopic (exact) mass is 262 g/mol. The zero-order chi connectivity index (χ0) is 14.2. The molecule has 3 rings (SSSR count). The molecule has 0 aliphatic carbocycles. The summed E-state index contributed by atoms with van der Waals surface area (Å²) in [7, 11) is 0. The first-order valence-electron chi connectivity index (χ1n) is 7.35. The number of hydrogen-bond acceptors (Lipinski definition) is 0. The number of hydrogen-bond donors (Lipinski definition) is 0. The van der Waals surface area contributed by atoms with Crippen molar-refractivity contribution >= 4 is 10.8 Å². The van der Waals surface area contributed by atoms with Crippen LogP contribution in [0.15, 0.2) is 72.8 Å². The molecule has 0 spiro atoms. The Morgan fingerprint density at radius 1 is 0.600 bits per heavy atom. The van der Waals surface area contributed by atoms with Crippen LogP contribution in [0.4, 0.5) is 0 Å². The summed E-state index contributed by atoms with van der Waals surface area (Å²) in [5.74, 6) is 0. The molecule has 0 aromatic heterocycles. The largest absolute Gasteiger partial charge is 0.0622 e. The zero-order valence-electron chi connectivity index (χ0n) is 12.3. The van der Waals surface area contributed by atoms with Crippen molar-refractivity contribution in [3.63, 3.8) is 0 Å². The third-order valence-electron chi connectivity index (χ3n) is 3.51. The zero-order valence-corrected chi connectivity index (χ0v) is 12.3. The van der Waals surface area contributed by atoms with Crippen molar-refractivity contribution in [2.75, 3.05) is 0 Å². The summed E-state index contributed by atoms with van der Waals surface area (Å²) in [5, 5.41) is 2.74. The van der Waals surface area contributed by atoms with Gasteiger partial charge in [-0.2, -0.15) is 0 Å². The van der Waals surface area contributed by atoms with E-state index in [2.05, 4.69) is 80.6 Å². The molecule has 0 bridgehead atoms. The molecule has 0 atom stereocenters. The predicted octanol–water partition coefficient (Wildman–Crippen LogP) is 5.65. The van der Waals surface area contributed by atoms with Crippen LogP contribution in [0.1, 0.15) is 25.0 Å². The van der Waals surface area contributed by atoms with Gasteiger partial charge in [-0.3, -0.25) is 0 Å². The van der Waals surface area contributed by atoms with Crippen LogP contribution in [0, 0.1) is 0 Å². The molecule has 0 amide bonds. The van der Waals surface area contributed by atoms with Gasteiger partial charge in [0.1, 0.15) is 0 Å². The van der Waals surface area contributed by atoms with E-state index in [1.165, 1.54) is 21.9 Å². The molecule has 20 heavy (non-hydrogen) atoms. The standard InChI is InChI=1S/C12H12.C8H10/c1-2-10-7-5-8-11-6-3-4-9-12(10)11;1-2-8-6-4-3-5-7-8/h3-9H,2H2,1H3;3-7H,2H2,1H3. The van der Waals surface area contributed by atoms with Crippen molar-refractivity contribution in [2.45, 2.75) is 26.7 Å². The van der Waals surface area contributed by atoms with Crippen molar-refractivity contribution in [2.24, 2.45) is 0 Å². The van der Waals surface area contributed by atoms with Crippen LogP contribution in [0.2, 0.25) is 0 Å². The Balaban J connectivity index is 0.000000160. The summed E-state index contributed by atoms with van der Waals surface area (Å²) in [4.78, 5) is 0. The van der Waals surface area contributed by atoms with Crippen LogP contribution >= 0.6 is 0 Å². The quantitative estimate of drug-likeness (QED) is 0.559. The van der Waals surface area contributed by atoms with Gasteiger partial charge in [0.25, 0.3) is 0 Å².